The highest BCUT2D eigenvalue weighted by Crippen LogP contribution is 2.36. The van der Waals surface area contributed by atoms with Gasteiger partial charge in [-0.05, 0) is 30.6 Å². The van der Waals surface area contributed by atoms with Crippen molar-refractivity contribution in [2.24, 2.45) is 23.7 Å². The summed E-state index contributed by atoms with van der Waals surface area (Å²) in [6, 6.07) is 0. The maximum Gasteiger partial charge on any atom is 0.123 e. The molecule has 0 heterocycles. The van der Waals surface area contributed by atoms with E-state index < -0.39 is 0 Å². The first-order chi connectivity index (χ1) is 6.19. The number of methoxy groups -OCH3 is 1. The predicted octanol–water partition coefficient (Wildman–Crippen LogP) is 2.13. The molecule has 0 N–H and O–H groups in total. The molecule has 4 unspecified atom stereocenters. The van der Waals surface area contributed by atoms with Crippen LogP contribution in [0.3, 0.4) is 0 Å². The van der Waals surface area contributed by atoms with E-state index in [1.54, 1.807) is 7.11 Å². The number of carbonyl (C=O) groups excluding carboxylic acids is 1. The van der Waals surface area contributed by atoms with Gasteiger partial charge in [0.05, 0.1) is 0 Å². The highest BCUT2D eigenvalue weighted by Gasteiger charge is 2.32. The molecule has 4 atom stereocenters. The summed E-state index contributed by atoms with van der Waals surface area (Å²) in [5.74, 6) is 2.10. The maximum atomic E-state index is 10.8. The minimum absolute atomic E-state index is 0.228. The molecule has 0 spiro atoms. The Morgan fingerprint density at radius 3 is 2.46 bits per heavy atom. The van der Waals surface area contributed by atoms with E-state index in [-0.39, 0.29) is 5.92 Å². The summed E-state index contributed by atoms with van der Waals surface area (Å²) in [5, 5.41) is 0. The van der Waals surface area contributed by atoms with Gasteiger partial charge in [0.2, 0.25) is 0 Å². The van der Waals surface area contributed by atoms with E-state index >= 15 is 0 Å². The molecule has 0 saturated heterocycles. The first-order valence-corrected chi connectivity index (χ1v) is 5.13. The standard InChI is InChI=1S/C11H20O2/c1-8-4-10(6-12)11(7-13-3)5-9(8)2/h6,8-11H,4-5,7H2,1-3H3. The lowest BCUT2D eigenvalue weighted by atomic mass is 9.70. The number of hydrogen-bond acceptors (Lipinski definition) is 2. The van der Waals surface area contributed by atoms with Crippen LogP contribution in [0.2, 0.25) is 0 Å². The molecule has 0 radical (unpaired) electrons. The van der Waals surface area contributed by atoms with Crippen molar-refractivity contribution in [1.82, 2.24) is 0 Å². The first kappa shape index (κ1) is 10.7. The van der Waals surface area contributed by atoms with Gasteiger partial charge < -0.3 is 9.53 Å². The SMILES string of the molecule is COCC1CC(C)C(C)CC1C=O. The van der Waals surface area contributed by atoms with Gasteiger partial charge in [-0.2, -0.15) is 0 Å². The minimum Gasteiger partial charge on any atom is -0.384 e. The van der Waals surface area contributed by atoms with Crippen molar-refractivity contribution in [1.29, 1.82) is 0 Å². The van der Waals surface area contributed by atoms with E-state index in [4.69, 9.17) is 4.74 Å². The fourth-order valence-corrected chi connectivity index (χ4v) is 2.31. The highest BCUT2D eigenvalue weighted by molar-refractivity contribution is 5.54. The third-order valence-corrected chi connectivity index (χ3v) is 3.45. The van der Waals surface area contributed by atoms with Crippen LogP contribution in [0, 0.1) is 23.7 Å². The molecule has 1 aliphatic carbocycles. The molecule has 0 aromatic carbocycles. The molecule has 76 valence electrons. The lowest BCUT2D eigenvalue weighted by molar-refractivity contribution is -0.115. The van der Waals surface area contributed by atoms with Gasteiger partial charge in [-0.3, -0.25) is 0 Å². The van der Waals surface area contributed by atoms with Crippen LogP contribution in [0.1, 0.15) is 26.7 Å². The van der Waals surface area contributed by atoms with Crippen molar-refractivity contribution in [3.8, 4) is 0 Å². The predicted molar refractivity (Wildman–Crippen MR) is 52.5 cm³/mol. The van der Waals surface area contributed by atoms with Crippen LogP contribution >= 0.6 is 0 Å². The largest absolute Gasteiger partial charge is 0.384 e. The summed E-state index contributed by atoms with van der Waals surface area (Å²) in [5.41, 5.74) is 0. The third-order valence-electron chi connectivity index (χ3n) is 3.45. The van der Waals surface area contributed by atoms with E-state index in [2.05, 4.69) is 13.8 Å². The second kappa shape index (κ2) is 4.75. The van der Waals surface area contributed by atoms with Gasteiger partial charge in [-0.15, -0.1) is 0 Å². The molecule has 1 rings (SSSR count). The van der Waals surface area contributed by atoms with Gasteiger partial charge in [-0.1, -0.05) is 13.8 Å². The summed E-state index contributed by atoms with van der Waals surface area (Å²) < 4.78 is 5.14. The molecule has 1 aliphatic rings. The van der Waals surface area contributed by atoms with Crippen LogP contribution in [0.15, 0.2) is 0 Å². The van der Waals surface area contributed by atoms with Crippen molar-refractivity contribution in [2.75, 3.05) is 13.7 Å². The number of hydrogen-bond donors (Lipinski definition) is 0. The molecule has 0 amide bonds. The Labute approximate surface area is 80.7 Å². The normalized spacial score (nSPS) is 40.2. The fourth-order valence-electron chi connectivity index (χ4n) is 2.31. The van der Waals surface area contributed by atoms with Gasteiger partial charge in [0.15, 0.2) is 0 Å². The smallest absolute Gasteiger partial charge is 0.123 e. The lowest BCUT2D eigenvalue weighted by Crippen LogP contribution is -2.32. The average Bonchev–Trinajstić information content (AvgIpc) is 2.11. The molecule has 13 heavy (non-hydrogen) atoms. The van der Waals surface area contributed by atoms with E-state index in [9.17, 15) is 4.79 Å². The van der Waals surface area contributed by atoms with Crippen molar-refractivity contribution >= 4 is 6.29 Å². The van der Waals surface area contributed by atoms with Crippen molar-refractivity contribution < 1.29 is 9.53 Å². The summed E-state index contributed by atoms with van der Waals surface area (Å²) in [7, 11) is 1.71. The van der Waals surface area contributed by atoms with Gasteiger partial charge in [0, 0.05) is 19.6 Å². The molecule has 0 bridgehead atoms. The van der Waals surface area contributed by atoms with Crippen LogP contribution in [0.4, 0.5) is 0 Å². The molecule has 0 aromatic rings. The number of carbonyl (C=O) groups is 1. The van der Waals surface area contributed by atoms with Gasteiger partial charge in [0.25, 0.3) is 0 Å². The second-order valence-corrected chi connectivity index (χ2v) is 4.44. The average molecular weight is 184 g/mol. The highest BCUT2D eigenvalue weighted by atomic mass is 16.5. The van der Waals surface area contributed by atoms with Crippen LogP contribution in [-0.4, -0.2) is 20.0 Å². The van der Waals surface area contributed by atoms with Crippen molar-refractivity contribution in [3.05, 3.63) is 0 Å². The fraction of sp³-hybridized carbons (Fsp3) is 0.909. The minimum atomic E-state index is 0.228. The summed E-state index contributed by atoms with van der Waals surface area (Å²) in [6.07, 6.45) is 3.29. The number of rotatable bonds is 3. The Balaban J connectivity index is 2.55. The molecule has 0 aromatic heterocycles. The van der Waals surface area contributed by atoms with E-state index in [1.165, 1.54) is 0 Å². The molecule has 2 heteroatoms. The third kappa shape index (κ3) is 2.53. The van der Waals surface area contributed by atoms with Crippen LogP contribution in [-0.2, 0) is 9.53 Å². The number of ether oxygens (including phenoxy) is 1. The van der Waals surface area contributed by atoms with Gasteiger partial charge in [-0.25, -0.2) is 0 Å². The van der Waals surface area contributed by atoms with E-state index in [0.29, 0.717) is 11.8 Å². The number of aldehydes is 1. The van der Waals surface area contributed by atoms with Gasteiger partial charge >= 0.3 is 0 Å². The summed E-state index contributed by atoms with van der Waals surface area (Å²) in [4.78, 5) is 10.8. The van der Waals surface area contributed by atoms with E-state index in [1.807, 2.05) is 0 Å². The van der Waals surface area contributed by atoms with Crippen molar-refractivity contribution in [2.45, 2.75) is 26.7 Å². The van der Waals surface area contributed by atoms with Crippen LogP contribution < -0.4 is 0 Å². The Hall–Kier alpha value is -0.370. The summed E-state index contributed by atoms with van der Waals surface area (Å²) >= 11 is 0. The van der Waals surface area contributed by atoms with Crippen LogP contribution in [0.5, 0.6) is 0 Å². The molecule has 2 nitrogen and oxygen atoms in total. The Kier molecular flexibility index (Phi) is 3.91. The Morgan fingerprint density at radius 1 is 1.31 bits per heavy atom. The maximum absolute atomic E-state index is 10.8. The topological polar surface area (TPSA) is 26.3 Å². The Bertz CT molecular complexity index is 167. The lowest BCUT2D eigenvalue weighted by Gasteiger charge is -2.35. The van der Waals surface area contributed by atoms with Crippen LogP contribution in [0.25, 0.3) is 0 Å². The quantitative estimate of drug-likeness (QED) is 0.628. The zero-order valence-corrected chi connectivity index (χ0v) is 8.82. The first-order valence-electron chi connectivity index (χ1n) is 5.13. The van der Waals surface area contributed by atoms with Crippen molar-refractivity contribution in [3.63, 3.8) is 0 Å². The monoisotopic (exact) mass is 184 g/mol. The zero-order valence-electron chi connectivity index (χ0n) is 8.82. The molecule has 1 fully saturated rings. The Morgan fingerprint density at radius 2 is 1.92 bits per heavy atom. The summed E-state index contributed by atoms with van der Waals surface area (Å²) in [6.45, 7) is 5.25. The molecular formula is C11H20O2. The second-order valence-electron chi connectivity index (χ2n) is 4.44. The van der Waals surface area contributed by atoms with E-state index in [0.717, 1.165) is 31.7 Å². The molecule has 1 saturated carbocycles. The zero-order chi connectivity index (χ0) is 9.84. The molecular weight excluding hydrogens is 164 g/mol. The molecule has 0 aliphatic heterocycles. The van der Waals surface area contributed by atoms with Gasteiger partial charge in [0.1, 0.15) is 6.29 Å².